The Hall–Kier alpha value is -3.96. The van der Waals surface area contributed by atoms with Crippen LogP contribution < -0.4 is 0 Å². The van der Waals surface area contributed by atoms with Crippen molar-refractivity contribution in [2.24, 2.45) is 0 Å². The van der Waals surface area contributed by atoms with Gasteiger partial charge in [0.2, 0.25) is 0 Å². The Labute approximate surface area is 470 Å². The van der Waals surface area contributed by atoms with Gasteiger partial charge in [0.25, 0.3) is 0 Å². The Balaban J connectivity index is 3.59. The number of unbranched alkanes of at least 4 members (excludes halogenated alkanes) is 27. The standard InChI is InChI=1S/C71H118O5/c1-3-5-7-9-11-13-15-17-19-21-23-25-26-27-28-29-30-31-32-33-34-35-36-37-38-39-40-41-42-43-44-46-48-50-52-54-56-58-60-62-64-66-71(74)76-69(67-72)68-75-70(73)65-63-61-59-57-55-53-51-49-47-45-24-22-20-18-16-14-12-10-8-6-4-2/h5,7,11,13,17,19,23,25,27-28,30-31,33-34,36-37,39-40,42-43,46,48,69,72H,3-4,6,8-10,12,14-16,18,20-22,24,26,29,32,35,38,41,44-45,47,49-68H2,1-2H3/b7-5-,13-11-,19-17-,25-23-,28-27-,31-30-,34-33-,37-36-,40-39-,43-42-,48-46-. The van der Waals surface area contributed by atoms with Gasteiger partial charge in [-0.1, -0.05) is 308 Å². The zero-order chi connectivity index (χ0) is 54.8. The molecular formula is C71H118O5. The molecule has 0 aliphatic heterocycles. The van der Waals surface area contributed by atoms with Gasteiger partial charge in [0.1, 0.15) is 6.61 Å². The molecule has 0 spiro atoms. The molecule has 1 N–H and O–H groups in total. The van der Waals surface area contributed by atoms with E-state index in [1.807, 2.05) is 0 Å². The normalized spacial score (nSPS) is 13.1. The summed E-state index contributed by atoms with van der Waals surface area (Å²) in [6.07, 6.45) is 97.3. The molecule has 0 aliphatic carbocycles. The van der Waals surface area contributed by atoms with Crippen LogP contribution in [-0.4, -0.2) is 36.4 Å². The van der Waals surface area contributed by atoms with Crippen LogP contribution in [0.5, 0.6) is 0 Å². The van der Waals surface area contributed by atoms with Crippen LogP contribution in [0.4, 0.5) is 0 Å². The van der Waals surface area contributed by atoms with Crippen LogP contribution in [0, 0.1) is 0 Å². The van der Waals surface area contributed by atoms with Gasteiger partial charge in [0, 0.05) is 12.8 Å². The van der Waals surface area contributed by atoms with E-state index >= 15 is 0 Å². The molecule has 5 heteroatoms. The molecule has 0 aromatic rings. The van der Waals surface area contributed by atoms with E-state index < -0.39 is 6.10 Å². The van der Waals surface area contributed by atoms with E-state index in [0.29, 0.717) is 12.8 Å². The summed E-state index contributed by atoms with van der Waals surface area (Å²) in [5, 5.41) is 9.67. The predicted octanol–water partition coefficient (Wildman–Crippen LogP) is 22.0. The van der Waals surface area contributed by atoms with Crippen molar-refractivity contribution < 1.29 is 24.2 Å². The maximum Gasteiger partial charge on any atom is 0.306 e. The van der Waals surface area contributed by atoms with Crippen molar-refractivity contribution in [2.75, 3.05) is 13.2 Å². The number of aliphatic hydroxyl groups excluding tert-OH is 1. The molecule has 0 saturated carbocycles. The summed E-state index contributed by atoms with van der Waals surface area (Å²) in [5.41, 5.74) is 0. The number of hydrogen-bond acceptors (Lipinski definition) is 5. The fourth-order valence-corrected chi connectivity index (χ4v) is 8.74. The minimum atomic E-state index is -0.785. The maximum absolute atomic E-state index is 12.3. The lowest BCUT2D eigenvalue weighted by atomic mass is 10.0. The molecule has 0 radical (unpaired) electrons. The molecule has 432 valence electrons. The molecule has 0 fully saturated rings. The fraction of sp³-hybridized carbons (Fsp3) is 0.662. The Kier molecular flexibility index (Phi) is 61.9. The first kappa shape index (κ1) is 72.0. The molecule has 5 nitrogen and oxygen atoms in total. The highest BCUT2D eigenvalue weighted by molar-refractivity contribution is 5.70. The van der Waals surface area contributed by atoms with Gasteiger partial charge in [-0.2, -0.15) is 0 Å². The van der Waals surface area contributed by atoms with Gasteiger partial charge < -0.3 is 14.6 Å². The van der Waals surface area contributed by atoms with E-state index in [4.69, 9.17) is 9.47 Å². The minimum Gasteiger partial charge on any atom is -0.462 e. The van der Waals surface area contributed by atoms with Crippen molar-refractivity contribution in [1.82, 2.24) is 0 Å². The Bertz CT molecular complexity index is 1570. The van der Waals surface area contributed by atoms with Gasteiger partial charge in [0.15, 0.2) is 6.10 Å². The fourth-order valence-electron chi connectivity index (χ4n) is 8.74. The Morgan fingerprint density at radius 3 is 0.855 bits per heavy atom. The van der Waals surface area contributed by atoms with Crippen molar-refractivity contribution in [3.63, 3.8) is 0 Å². The van der Waals surface area contributed by atoms with Crippen molar-refractivity contribution in [3.05, 3.63) is 134 Å². The smallest absolute Gasteiger partial charge is 0.306 e. The molecule has 0 saturated heterocycles. The minimum absolute atomic E-state index is 0.0738. The van der Waals surface area contributed by atoms with Gasteiger partial charge in [-0.15, -0.1) is 0 Å². The van der Waals surface area contributed by atoms with E-state index in [2.05, 4.69) is 148 Å². The average molecular weight is 1050 g/mol. The monoisotopic (exact) mass is 1050 g/mol. The second-order valence-corrected chi connectivity index (χ2v) is 20.8. The van der Waals surface area contributed by atoms with Gasteiger partial charge in [0.05, 0.1) is 6.61 Å². The molecule has 1 atom stereocenters. The number of aliphatic hydroxyl groups is 1. The van der Waals surface area contributed by atoms with E-state index in [9.17, 15) is 14.7 Å². The van der Waals surface area contributed by atoms with Gasteiger partial charge >= 0.3 is 11.9 Å². The number of ether oxygens (including phenoxy) is 2. The first-order valence-corrected chi connectivity index (χ1v) is 31.7. The van der Waals surface area contributed by atoms with Crippen LogP contribution in [0.1, 0.15) is 284 Å². The first-order chi connectivity index (χ1) is 37.6. The molecular weight excluding hydrogens is 933 g/mol. The summed E-state index contributed by atoms with van der Waals surface area (Å²) in [6.45, 7) is 4.04. The second kappa shape index (κ2) is 65.3. The number of rotatable bonds is 57. The summed E-state index contributed by atoms with van der Waals surface area (Å²) in [5.74, 6) is -0.600. The third kappa shape index (κ3) is 62.6. The van der Waals surface area contributed by atoms with Crippen molar-refractivity contribution in [1.29, 1.82) is 0 Å². The molecule has 0 aliphatic rings. The van der Waals surface area contributed by atoms with Gasteiger partial charge in [-0.25, -0.2) is 0 Å². The Morgan fingerprint density at radius 1 is 0.316 bits per heavy atom. The lowest BCUT2D eigenvalue weighted by Gasteiger charge is -2.15. The number of carbonyl (C=O) groups excluding carboxylic acids is 2. The molecule has 1 unspecified atom stereocenters. The highest BCUT2D eigenvalue weighted by Gasteiger charge is 2.16. The summed E-state index contributed by atoms with van der Waals surface area (Å²) >= 11 is 0. The summed E-state index contributed by atoms with van der Waals surface area (Å²) in [6, 6.07) is 0. The molecule has 0 aromatic heterocycles. The quantitative estimate of drug-likeness (QED) is 0.0373. The zero-order valence-electron chi connectivity index (χ0n) is 49.5. The molecule has 0 amide bonds. The molecule has 76 heavy (non-hydrogen) atoms. The second-order valence-electron chi connectivity index (χ2n) is 20.8. The van der Waals surface area contributed by atoms with Gasteiger partial charge in [-0.3, -0.25) is 9.59 Å². The lowest BCUT2D eigenvalue weighted by molar-refractivity contribution is -0.161. The van der Waals surface area contributed by atoms with E-state index in [-0.39, 0.29) is 25.2 Å². The summed E-state index contributed by atoms with van der Waals surface area (Å²) in [7, 11) is 0. The van der Waals surface area contributed by atoms with Crippen LogP contribution >= 0.6 is 0 Å². The number of esters is 2. The topological polar surface area (TPSA) is 72.8 Å². The van der Waals surface area contributed by atoms with Crippen LogP contribution in [-0.2, 0) is 19.1 Å². The lowest BCUT2D eigenvalue weighted by Crippen LogP contribution is -2.28. The number of allylic oxidation sites excluding steroid dienone is 22. The summed E-state index contributed by atoms with van der Waals surface area (Å²) in [4.78, 5) is 24.6. The van der Waals surface area contributed by atoms with E-state index in [1.165, 1.54) is 141 Å². The number of hydrogen-bond donors (Lipinski definition) is 1. The van der Waals surface area contributed by atoms with Crippen LogP contribution in [0.15, 0.2) is 134 Å². The largest absolute Gasteiger partial charge is 0.462 e. The third-order valence-electron chi connectivity index (χ3n) is 13.5. The summed E-state index contributed by atoms with van der Waals surface area (Å²) < 4.78 is 10.7. The first-order valence-electron chi connectivity index (χ1n) is 31.7. The van der Waals surface area contributed by atoms with Crippen LogP contribution in [0.2, 0.25) is 0 Å². The zero-order valence-corrected chi connectivity index (χ0v) is 49.5. The van der Waals surface area contributed by atoms with E-state index in [0.717, 1.165) is 116 Å². The van der Waals surface area contributed by atoms with Gasteiger partial charge in [-0.05, 0) is 96.3 Å². The molecule has 0 bridgehead atoms. The van der Waals surface area contributed by atoms with Crippen molar-refractivity contribution in [2.45, 2.75) is 290 Å². The number of carbonyl (C=O) groups is 2. The van der Waals surface area contributed by atoms with E-state index in [1.54, 1.807) is 0 Å². The molecule has 0 aromatic carbocycles. The van der Waals surface area contributed by atoms with Crippen molar-refractivity contribution in [3.8, 4) is 0 Å². The highest BCUT2D eigenvalue weighted by Crippen LogP contribution is 2.16. The third-order valence-corrected chi connectivity index (χ3v) is 13.5. The highest BCUT2D eigenvalue weighted by atomic mass is 16.6. The average Bonchev–Trinajstić information content (AvgIpc) is 3.42. The molecule has 0 heterocycles. The van der Waals surface area contributed by atoms with Crippen molar-refractivity contribution >= 4 is 11.9 Å². The molecule has 0 rings (SSSR count). The maximum atomic E-state index is 12.3. The Morgan fingerprint density at radius 2 is 0.566 bits per heavy atom. The van der Waals surface area contributed by atoms with Crippen LogP contribution in [0.3, 0.4) is 0 Å². The predicted molar refractivity (Wildman–Crippen MR) is 334 cm³/mol. The van der Waals surface area contributed by atoms with Crippen LogP contribution in [0.25, 0.3) is 0 Å². The SMILES string of the molecule is CC/C=C\C/C=C\C/C=C\C/C=C\C/C=C\C/C=C\C/C=C\C/C=C\C/C=C\C/C=C\C/C=C\CCCCCCCCCC(=O)OC(CO)COC(=O)CCCCCCCCCCCCCCCCCCCCCCC.